The van der Waals surface area contributed by atoms with E-state index in [9.17, 15) is 4.79 Å². The highest BCUT2D eigenvalue weighted by molar-refractivity contribution is 5.72. The van der Waals surface area contributed by atoms with Crippen molar-refractivity contribution in [2.24, 2.45) is 0 Å². The third kappa shape index (κ3) is 3.46. The fraction of sp³-hybridized carbons (Fsp3) is 0.278. The van der Waals surface area contributed by atoms with E-state index in [0.29, 0.717) is 18.9 Å². The highest BCUT2D eigenvalue weighted by Crippen LogP contribution is 2.12. The van der Waals surface area contributed by atoms with Gasteiger partial charge in [-0.05, 0) is 43.3 Å². The van der Waals surface area contributed by atoms with E-state index in [1.807, 2.05) is 43.3 Å². The van der Waals surface area contributed by atoms with E-state index in [1.54, 1.807) is 4.57 Å². The molecule has 0 bridgehead atoms. The van der Waals surface area contributed by atoms with Crippen LogP contribution in [0.15, 0.2) is 57.7 Å². The predicted molar refractivity (Wildman–Crippen MR) is 88.7 cm³/mol. The van der Waals surface area contributed by atoms with Gasteiger partial charge in [0.25, 0.3) is 0 Å². The van der Waals surface area contributed by atoms with Gasteiger partial charge >= 0.3 is 5.76 Å². The van der Waals surface area contributed by atoms with E-state index in [1.165, 1.54) is 10.5 Å². The van der Waals surface area contributed by atoms with Crippen molar-refractivity contribution < 1.29 is 14.1 Å². The van der Waals surface area contributed by atoms with E-state index in [2.05, 4.69) is 19.2 Å². The molecular weight excluding hydrogens is 292 g/mol. The molecule has 0 fully saturated rings. The van der Waals surface area contributed by atoms with E-state index in [0.717, 1.165) is 17.8 Å². The summed E-state index contributed by atoms with van der Waals surface area (Å²) in [5.41, 5.74) is 2.67. The molecule has 0 aliphatic heterocycles. The summed E-state index contributed by atoms with van der Waals surface area (Å²) in [6.07, 6.45) is 0. The molecule has 3 rings (SSSR count). The fourth-order valence-corrected chi connectivity index (χ4v) is 2.71. The Morgan fingerprint density at radius 1 is 1.13 bits per heavy atom. The first-order valence-electron chi connectivity index (χ1n) is 7.79. The van der Waals surface area contributed by atoms with Crippen LogP contribution in [0.1, 0.15) is 12.5 Å². The summed E-state index contributed by atoms with van der Waals surface area (Å²) in [4.78, 5) is 13.2. The quantitative estimate of drug-likeness (QED) is 0.753. The van der Waals surface area contributed by atoms with Gasteiger partial charge in [-0.15, -0.1) is 0 Å². The lowest BCUT2D eigenvalue weighted by atomic mass is 10.2. The van der Waals surface area contributed by atoms with Crippen molar-refractivity contribution in [3.8, 4) is 5.75 Å². The van der Waals surface area contributed by atoms with Gasteiger partial charge in [-0.1, -0.05) is 12.1 Å². The Morgan fingerprint density at radius 2 is 1.87 bits per heavy atom. The second-order valence-corrected chi connectivity index (χ2v) is 5.63. The third-order valence-corrected chi connectivity index (χ3v) is 3.74. The number of aromatic nitrogens is 1. The Bertz CT molecular complexity index is 833. The van der Waals surface area contributed by atoms with Crippen LogP contribution in [0.2, 0.25) is 0 Å². The van der Waals surface area contributed by atoms with Crippen LogP contribution in [0.4, 0.5) is 0 Å². The summed E-state index contributed by atoms with van der Waals surface area (Å²) >= 11 is 0. The topological polar surface area (TPSA) is 48.8 Å². The van der Waals surface area contributed by atoms with Gasteiger partial charge in [-0.3, -0.25) is 0 Å². The molecule has 1 unspecified atom stereocenters. The van der Waals surface area contributed by atoms with Gasteiger partial charge in [0.1, 0.15) is 12.3 Å². The molecule has 2 aromatic carbocycles. The van der Waals surface area contributed by atoms with Crippen molar-refractivity contribution in [2.45, 2.75) is 20.1 Å². The smallest absolute Gasteiger partial charge is 0.424 e. The van der Waals surface area contributed by atoms with Gasteiger partial charge in [-0.2, -0.15) is 0 Å². The predicted octanol–water partition coefficient (Wildman–Crippen LogP) is 1.67. The van der Waals surface area contributed by atoms with Crippen LogP contribution in [-0.2, 0) is 13.2 Å². The van der Waals surface area contributed by atoms with Gasteiger partial charge in [0.15, 0.2) is 12.3 Å². The largest absolute Gasteiger partial charge is 0.494 e. The highest BCUT2D eigenvalue weighted by atomic mass is 16.5. The summed E-state index contributed by atoms with van der Waals surface area (Å²) in [5, 5.41) is 0. The van der Waals surface area contributed by atoms with Crippen molar-refractivity contribution in [1.82, 2.24) is 4.57 Å². The van der Waals surface area contributed by atoms with Crippen LogP contribution in [-0.4, -0.2) is 18.2 Å². The summed E-state index contributed by atoms with van der Waals surface area (Å²) in [5.74, 6) is 0.572. The van der Waals surface area contributed by atoms with Crippen molar-refractivity contribution in [3.63, 3.8) is 0 Å². The number of fused-ring (bicyclic) bond motifs is 1. The first kappa shape index (κ1) is 15.4. The molecule has 5 nitrogen and oxygen atoms in total. The van der Waals surface area contributed by atoms with Crippen molar-refractivity contribution in [1.29, 1.82) is 0 Å². The van der Waals surface area contributed by atoms with Crippen LogP contribution in [0.5, 0.6) is 5.75 Å². The summed E-state index contributed by atoms with van der Waals surface area (Å²) in [6, 6.07) is 15.6. The normalized spacial score (nSPS) is 12.4. The van der Waals surface area contributed by atoms with Crippen LogP contribution >= 0.6 is 0 Å². The number of hydrogen-bond acceptors (Lipinski definition) is 3. The standard InChI is InChI=1S/C18H20N2O3/c1-3-22-15-10-8-14(9-11-15)12-19(2)13-20-16-6-4-5-7-17(16)23-18(20)21/h4-11H,3,12-13H2,1-2H3/p+1. The third-order valence-electron chi connectivity index (χ3n) is 3.74. The number of quaternary nitrogens is 1. The van der Waals surface area contributed by atoms with Gasteiger partial charge < -0.3 is 14.1 Å². The summed E-state index contributed by atoms with van der Waals surface area (Å²) < 4.78 is 12.4. The number of benzene rings is 2. The van der Waals surface area contributed by atoms with Crippen molar-refractivity contribution in [2.75, 3.05) is 13.7 Å². The van der Waals surface area contributed by atoms with Crippen molar-refractivity contribution >= 4 is 11.1 Å². The van der Waals surface area contributed by atoms with Crippen LogP contribution < -0.4 is 15.4 Å². The lowest BCUT2D eigenvalue weighted by molar-refractivity contribution is -0.916. The molecule has 0 aliphatic rings. The monoisotopic (exact) mass is 313 g/mol. The van der Waals surface area contributed by atoms with E-state index in [4.69, 9.17) is 9.15 Å². The molecule has 3 aromatic rings. The molecule has 120 valence electrons. The number of para-hydroxylation sites is 2. The molecule has 23 heavy (non-hydrogen) atoms. The Balaban J connectivity index is 1.72. The minimum absolute atomic E-state index is 0.308. The molecule has 0 radical (unpaired) electrons. The molecule has 0 spiro atoms. The summed E-state index contributed by atoms with van der Waals surface area (Å²) in [6.45, 7) is 4.02. The van der Waals surface area contributed by atoms with Crippen LogP contribution in [0, 0.1) is 0 Å². The zero-order valence-corrected chi connectivity index (χ0v) is 13.4. The van der Waals surface area contributed by atoms with E-state index in [-0.39, 0.29) is 5.76 Å². The minimum atomic E-state index is -0.308. The Labute approximate surface area is 134 Å². The number of hydrogen-bond donors (Lipinski definition) is 1. The number of nitrogens with zero attached hydrogens (tertiary/aromatic N) is 1. The van der Waals surface area contributed by atoms with E-state index < -0.39 is 0 Å². The Kier molecular flexibility index (Phi) is 4.48. The van der Waals surface area contributed by atoms with Gasteiger partial charge in [0.05, 0.1) is 19.2 Å². The highest BCUT2D eigenvalue weighted by Gasteiger charge is 2.12. The molecule has 0 saturated carbocycles. The average molecular weight is 313 g/mol. The average Bonchev–Trinajstić information content (AvgIpc) is 2.85. The maximum absolute atomic E-state index is 12.0. The number of nitrogens with one attached hydrogen (secondary N) is 1. The summed E-state index contributed by atoms with van der Waals surface area (Å²) in [7, 11) is 2.06. The second-order valence-electron chi connectivity index (χ2n) is 5.63. The first-order valence-corrected chi connectivity index (χ1v) is 7.79. The molecule has 1 aromatic heterocycles. The lowest BCUT2D eigenvalue weighted by Crippen LogP contribution is -3.07. The molecule has 0 amide bonds. The lowest BCUT2D eigenvalue weighted by Gasteiger charge is -2.14. The Morgan fingerprint density at radius 3 is 2.61 bits per heavy atom. The van der Waals surface area contributed by atoms with Gasteiger partial charge in [0.2, 0.25) is 0 Å². The number of rotatable bonds is 6. The van der Waals surface area contributed by atoms with Crippen LogP contribution in [0.25, 0.3) is 11.1 Å². The maximum atomic E-state index is 12.0. The second kappa shape index (κ2) is 6.71. The molecule has 0 aliphatic carbocycles. The first-order chi connectivity index (χ1) is 11.2. The zero-order chi connectivity index (χ0) is 16.2. The molecule has 0 saturated heterocycles. The maximum Gasteiger partial charge on any atom is 0.424 e. The molecule has 5 heteroatoms. The van der Waals surface area contributed by atoms with E-state index >= 15 is 0 Å². The minimum Gasteiger partial charge on any atom is -0.494 e. The number of ether oxygens (including phenoxy) is 1. The van der Waals surface area contributed by atoms with Crippen LogP contribution in [0.3, 0.4) is 0 Å². The molecule has 1 heterocycles. The zero-order valence-electron chi connectivity index (χ0n) is 13.4. The van der Waals surface area contributed by atoms with Gasteiger partial charge in [-0.25, -0.2) is 9.36 Å². The molecule has 1 atom stereocenters. The van der Waals surface area contributed by atoms with Gasteiger partial charge in [0, 0.05) is 5.56 Å². The Hall–Kier alpha value is -2.53. The van der Waals surface area contributed by atoms with Crippen molar-refractivity contribution in [3.05, 3.63) is 64.6 Å². The SMILES string of the molecule is CCOc1ccc(C[NH+](C)Cn2c(=O)oc3ccccc32)cc1. The molecular formula is C18H21N2O3+. The number of oxazole rings is 1. The fourth-order valence-electron chi connectivity index (χ4n) is 2.71. The molecule has 1 N–H and O–H groups in total.